The Morgan fingerprint density at radius 3 is 2.76 bits per heavy atom. The average molecular weight is 453 g/mol. The Morgan fingerprint density at radius 1 is 1.27 bits per heavy atom. The molecule has 2 aromatic rings. The van der Waals surface area contributed by atoms with E-state index in [9.17, 15) is 14.7 Å². The maximum Gasteiger partial charge on any atom is 0.338 e. The first-order chi connectivity index (χ1) is 15.8. The number of hydroxylamine groups is 1. The number of likely N-dealkylation sites (tertiary alicyclic amines) is 1. The number of nitrogens with one attached hydrogen (secondary N) is 1. The lowest BCUT2D eigenvalue weighted by Gasteiger charge is -2.44. The Kier molecular flexibility index (Phi) is 5.27. The number of hydrogen-bond acceptors (Lipinski definition) is 8. The van der Waals surface area contributed by atoms with E-state index in [1.54, 1.807) is 18.2 Å². The van der Waals surface area contributed by atoms with Gasteiger partial charge >= 0.3 is 5.97 Å². The number of hydrogen-bond donors (Lipinski definition) is 3. The van der Waals surface area contributed by atoms with E-state index >= 15 is 0 Å². The molecule has 0 aromatic heterocycles. The molecule has 0 aliphatic carbocycles. The van der Waals surface area contributed by atoms with Crippen LogP contribution in [0.15, 0.2) is 30.3 Å². The van der Waals surface area contributed by atoms with Gasteiger partial charge in [-0.2, -0.15) is 4.94 Å². The van der Waals surface area contributed by atoms with E-state index in [1.165, 1.54) is 0 Å². The summed E-state index contributed by atoms with van der Waals surface area (Å²) in [5, 5.41) is 12.8. The van der Waals surface area contributed by atoms with E-state index < -0.39 is 12.0 Å². The zero-order valence-corrected chi connectivity index (χ0v) is 18.8. The Bertz CT molecular complexity index is 1130. The van der Waals surface area contributed by atoms with Crippen LogP contribution in [0.1, 0.15) is 63.3 Å². The van der Waals surface area contributed by atoms with Crippen molar-refractivity contribution in [3.8, 4) is 0 Å². The Morgan fingerprint density at radius 2 is 2.03 bits per heavy atom. The van der Waals surface area contributed by atoms with Gasteiger partial charge in [0.15, 0.2) is 0 Å². The molecule has 3 heterocycles. The largest absolute Gasteiger partial charge is 0.457 e. The Labute approximate surface area is 192 Å². The van der Waals surface area contributed by atoms with Crippen LogP contribution in [-0.4, -0.2) is 47.1 Å². The van der Waals surface area contributed by atoms with Gasteiger partial charge in [-0.1, -0.05) is 6.07 Å². The number of ether oxygens (including phenoxy) is 1. The third kappa shape index (κ3) is 3.72. The van der Waals surface area contributed by atoms with Gasteiger partial charge in [-0.25, -0.2) is 15.3 Å². The monoisotopic (exact) mass is 452 g/mol. The highest BCUT2D eigenvalue weighted by Crippen LogP contribution is 2.41. The number of piperidine rings is 1. The highest BCUT2D eigenvalue weighted by atomic mass is 16.8. The molecule has 0 radical (unpaired) electrons. The van der Waals surface area contributed by atoms with Gasteiger partial charge in [0, 0.05) is 30.8 Å². The van der Waals surface area contributed by atoms with Gasteiger partial charge in [-0.3, -0.25) is 4.79 Å². The van der Waals surface area contributed by atoms with E-state index in [2.05, 4.69) is 17.3 Å². The van der Waals surface area contributed by atoms with Gasteiger partial charge in [-0.05, 0) is 62.1 Å². The summed E-state index contributed by atoms with van der Waals surface area (Å²) < 4.78 is 5.13. The second kappa shape index (κ2) is 8.02. The standard InChI is InChI=1S/C24H28N4O5/c1-14-16(4-5-17-18(14)13-32-23(17)31)21(29)12-27-9-7-24(2,8-10-27)28-20-6-3-15(22(25)30)11-19(20)26-33-28/h3-6,11,21,26,29H,7-10,12-13H2,1-2H3,(H2,25,30)/t21-/m0/s1. The van der Waals surface area contributed by atoms with E-state index in [0.29, 0.717) is 17.7 Å². The molecule has 2 aromatic carbocycles. The molecule has 0 bridgehead atoms. The number of esters is 1. The van der Waals surface area contributed by atoms with Gasteiger partial charge in [-0.15, -0.1) is 0 Å². The van der Waals surface area contributed by atoms with E-state index in [4.69, 9.17) is 15.4 Å². The number of β-amino-alcohol motifs (C(OH)–C–C–N with tert-alkyl or cyclic N) is 1. The smallest absolute Gasteiger partial charge is 0.338 e. The van der Waals surface area contributed by atoms with Gasteiger partial charge in [0.1, 0.15) is 6.61 Å². The molecule has 1 fully saturated rings. The molecule has 1 amide bonds. The number of aliphatic hydroxyl groups excluding tert-OH is 1. The molecule has 1 atom stereocenters. The fourth-order valence-electron chi connectivity index (χ4n) is 4.99. The van der Waals surface area contributed by atoms with Crippen LogP contribution in [0.4, 0.5) is 11.4 Å². The summed E-state index contributed by atoms with van der Waals surface area (Å²) in [5.74, 6) is -0.774. The van der Waals surface area contributed by atoms with E-state index in [0.717, 1.165) is 54.0 Å². The highest BCUT2D eigenvalue weighted by Gasteiger charge is 2.41. The molecule has 3 aliphatic rings. The predicted molar refractivity (Wildman–Crippen MR) is 121 cm³/mol. The first kappa shape index (κ1) is 21.7. The van der Waals surface area contributed by atoms with Crippen LogP contribution >= 0.6 is 0 Å². The molecule has 0 unspecified atom stereocenters. The van der Waals surface area contributed by atoms with Crippen LogP contribution in [0, 0.1) is 6.92 Å². The summed E-state index contributed by atoms with van der Waals surface area (Å²) in [6.45, 7) is 6.48. The van der Waals surface area contributed by atoms with Crippen molar-refractivity contribution in [2.24, 2.45) is 5.73 Å². The lowest BCUT2D eigenvalue weighted by atomic mass is 9.88. The summed E-state index contributed by atoms with van der Waals surface area (Å²) in [4.78, 5) is 31.3. The molecule has 9 heteroatoms. The van der Waals surface area contributed by atoms with Crippen LogP contribution < -0.4 is 16.3 Å². The summed E-state index contributed by atoms with van der Waals surface area (Å²) >= 11 is 0. The quantitative estimate of drug-likeness (QED) is 0.592. The van der Waals surface area contributed by atoms with Gasteiger partial charge in [0.2, 0.25) is 5.91 Å². The Hall–Kier alpha value is -3.14. The summed E-state index contributed by atoms with van der Waals surface area (Å²) in [6.07, 6.45) is 1.03. The van der Waals surface area contributed by atoms with Crippen LogP contribution in [0.25, 0.3) is 0 Å². The molecule has 1 saturated heterocycles. The number of carbonyl (C=O) groups is 2. The number of anilines is 2. The minimum atomic E-state index is -0.645. The molecule has 5 rings (SSSR count). The van der Waals surface area contributed by atoms with Crippen molar-refractivity contribution in [1.29, 1.82) is 0 Å². The van der Waals surface area contributed by atoms with Crippen molar-refractivity contribution in [3.63, 3.8) is 0 Å². The fraction of sp³-hybridized carbons (Fsp3) is 0.417. The number of fused-ring (bicyclic) bond motifs is 2. The molecule has 0 saturated carbocycles. The molecular formula is C24H28N4O5. The first-order valence-corrected chi connectivity index (χ1v) is 11.1. The SMILES string of the molecule is Cc1c([C@@H](O)CN2CCC(C)(N3ONc4cc(C(N)=O)ccc43)CC2)ccc2c1COC2=O. The fourth-order valence-corrected chi connectivity index (χ4v) is 4.99. The number of amides is 1. The normalized spacial score (nSPS) is 20.1. The first-order valence-electron chi connectivity index (χ1n) is 11.1. The number of aliphatic hydroxyl groups is 1. The maximum atomic E-state index is 11.8. The minimum absolute atomic E-state index is 0.241. The second-order valence-electron chi connectivity index (χ2n) is 9.28. The number of carbonyl (C=O) groups excluding carboxylic acids is 2. The zero-order valence-electron chi connectivity index (χ0n) is 18.8. The molecular weight excluding hydrogens is 424 g/mol. The van der Waals surface area contributed by atoms with Gasteiger partial charge in [0.25, 0.3) is 0 Å². The number of nitrogens with two attached hydrogens (primary N) is 1. The topological polar surface area (TPSA) is 117 Å². The van der Waals surface area contributed by atoms with Crippen LogP contribution in [0.5, 0.6) is 0 Å². The minimum Gasteiger partial charge on any atom is -0.457 e. The van der Waals surface area contributed by atoms with Crippen LogP contribution in [0.3, 0.4) is 0 Å². The van der Waals surface area contributed by atoms with Crippen molar-refractivity contribution in [3.05, 3.63) is 58.1 Å². The van der Waals surface area contributed by atoms with Crippen molar-refractivity contribution in [2.45, 2.75) is 44.9 Å². The maximum absolute atomic E-state index is 11.8. The highest BCUT2D eigenvalue weighted by molar-refractivity contribution is 5.95. The molecule has 3 aliphatic heterocycles. The van der Waals surface area contributed by atoms with Crippen LogP contribution in [-0.2, 0) is 16.3 Å². The molecule has 9 nitrogen and oxygen atoms in total. The van der Waals surface area contributed by atoms with Crippen molar-refractivity contribution < 1.29 is 24.4 Å². The number of cyclic esters (lactones) is 1. The van der Waals surface area contributed by atoms with Crippen molar-refractivity contribution >= 4 is 23.3 Å². The molecule has 33 heavy (non-hydrogen) atoms. The third-order valence-electron chi connectivity index (χ3n) is 7.17. The summed E-state index contributed by atoms with van der Waals surface area (Å²) in [7, 11) is 0. The number of benzene rings is 2. The second-order valence-corrected chi connectivity index (χ2v) is 9.28. The number of nitrogens with zero attached hydrogens (tertiary/aromatic N) is 2. The van der Waals surface area contributed by atoms with Crippen LogP contribution in [0.2, 0.25) is 0 Å². The van der Waals surface area contributed by atoms with Crippen molar-refractivity contribution in [1.82, 2.24) is 4.90 Å². The summed E-state index contributed by atoms with van der Waals surface area (Å²) in [5.41, 5.74) is 13.3. The average Bonchev–Trinajstić information content (AvgIpc) is 3.40. The lowest BCUT2D eigenvalue weighted by Crippen LogP contribution is -2.53. The molecule has 4 N–H and O–H groups in total. The third-order valence-corrected chi connectivity index (χ3v) is 7.17. The molecule has 0 spiro atoms. The van der Waals surface area contributed by atoms with E-state index in [-0.39, 0.29) is 18.1 Å². The molecule has 174 valence electrons. The lowest BCUT2D eigenvalue weighted by molar-refractivity contribution is 0.0435. The zero-order chi connectivity index (χ0) is 23.3. The Balaban J connectivity index is 1.24. The van der Waals surface area contributed by atoms with Gasteiger partial charge < -0.3 is 20.5 Å². The van der Waals surface area contributed by atoms with Gasteiger partial charge in [0.05, 0.1) is 28.6 Å². The number of primary amides is 1. The number of rotatable bonds is 5. The summed E-state index contributed by atoms with van der Waals surface area (Å²) in [6, 6.07) is 8.84. The van der Waals surface area contributed by atoms with E-state index in [1.807, 2.05) is 24.1 Å². The predicted octanol–water partition coefficient (Wildman–Crippen LogP) is 2.43. The van der Waals surface area contributed by atoms with Crippen molar-refractivity contribution in [2.75, 3.05) is 30.2 Å².